The first kappa shape index (κ1) is 12.2. The Morgan fingerprint density at radius 1 is 1.50 bits per heavy atom. The topological polar surface area (TPSA) is 75.2 Å². The van der Waals surface area contributed by atoms with Crippen molar-refractivity contribution in [2.75, 3.05) is 7.11 Å². The molecule has 0 aliphatic carbocycles. The average molecular weight is 246 g/mol. The van der Waals surface area contributed by atoms with E-state index in [1.807, 2.05) is 25.1 Å². The Morgan fingerprint density at radius 3 is 2.83 bits per heavy atom. The molecule has 2 N–H and O–H groups in total. The van der Waals surface area contributed by atoms with Gasteiger partial charge in [0.1, 0.15) is 11.4 Å². The van der Waals surface area contributed by atoms with Gasteiger partial charge in [0, 0.05) is 5.56 Å². The number of ether oxygens (including phenoxy) is 1. The normalized spacial score (nSPS) is 10.3. The molecule has 94 valence electrons. The Bertz CT molecular complexity index is 575. The molecule has 0 saturated heterocycles. The van der Waals surface area contributed by atoms with Crippen LogP contribution in [0.2, 0.25) is 0 Å². The van der Waals surface area contributed by atoms with Crippen molar-refractivity contribution in [3.63, 3.8) is 0 Å². The molecule has 0 spiro atoms. The lowest BCUT2D eigenvalue weighted by atomic mass is 10.0. The minimum Gasteiger partial charge on any atom is -0.496 e. The number of H-pyrrole nitrogens is 1. The number of carbonyl (C=O) groups is 1. The van der Waals surface area contributed by atoms with Crippen LogP contribution < -0.4 is 4.74 Å². The van der Waals surface area contributed by atoms with Gasteiger partial charge in [-0.1, -0.05) is 19.1 Å². The summed E-state index contributed by atoms with van der Waals surface area (Å²) < 4.78 is 5.39. The molecule has 0 fully saturated rings. The quantitative estimate of drug-likeness (QED) is 0.868. The summed E-state index contributed by atoms with van der Waals surface area (Å²) in [5.41, 5.74) is 2.49. The van der Waals surface area contributed by atoms with Crippen LogP contribution >= 0.6 is 0 Å². The van der Waals surface area contributed by atoms with Crippen molar-refractivity contribution in [1.29, 1.82) is 0 Å². The lowest BCUT2D eigenvalue weighted by Gasteiger charge is -2.10. The van der Waals surface area contributed by atoms with Gasteiger partial charge in [0.15, 0.2) is 0 Å². The van der Waals surface area contributed by atoms with Crippen molar-refractivity contribution in [2.45, 2.75) is 13.3 Å². The lowest BCUT2D eigenvalue weighted by Crippen LogP contribution is -1.95. The Hall–Kier alpha value is -2.30. The van der Waals surface area contributed by atoms with Gasteiger partial charge in [0.05, 0.1) is 12.8 Å². The zero-order valence-electron chi connectivity index (χ0n) is 10.2. The van der Waals surface area contributed by atoms with Crippen molar-refractivity contribution in [3.05, 3.63) is 35.5 Å². The van der Waals surface area contributed by atoms with Crippen molar-refractivity contribution in [2.24, 2.45) is 0 Å². The van der Waals surface area contributed by atoms with E-state index in [4.69, 9.17) is 9.84 Å². The fourth-order valence-electron chi connectivity index (χ4n) is 1.88. The van der Waals surface area contributed by atoms with Gasteiger partial charge in [-0.05, 0) is 24.1 Å². The molecule has 2 rings (SSSR count). The standard InChI is InChI=1S/C13H14N2O3/c1-3-8-5-4-6-9(12(8)18-2)10-7-11(13(16)17)15-14-10/h4-7H,3H2,1-2H3,(H,14,15)(H,16,17). The molecular formula is C13H14N2O3. The van der Waals surface area contributed by atoms with Crippen LogP contribution in [0.25, 0.3) is 11.3 Å². The van der Waals surface area contributed by atoms with Crippen molar-refractivity contribution in [1.82, 2.24) is 10.2 Å². The van der Waals surface area contributed by atoms with E-state index in [9.17, 15) is 4.79 Å². The molecule has 0 amide bonds. The highest BCUT2D eigenvalue weighted by Crippen LogP contribution is 2.32. The largest absolute Gasteiger partial charge is 0.496 e. The maximum Gasteiger partial charge on any atom is 0.353 e. The smallest absolute Gasteiger partial charge is 0.353 e. The number of nitrogens with one attached hydrogen (secondary N) is 1. The highest BCUT2D eigenvalue weighted by molar-refractivity contribution is 5.87. The van der Waals surface area contributed by atoms with E-state index < -0.39 is 5.97 Å². The number of hydrogen-bond acceptors (Lipinski definition) is 3. The molecule has 0 aliphatic heterocycles. The van der Waals surface area contributed by atoms with Gasteiger partial charge in [0.25, 0.3) is 0 Å². The zero-order chi connectivity index (χ0) is 13.1. The number of carboxylic acid groups (broad SMARTS) is 1. The summed E-state index contributed by atoms with van der Waals surface area (Å²) in [4.78, 5) is 10.8. The van der Waals surface area contributed by atoms with Crippen LogP contribution in [0, 0.1) is 0 Å². The second-order valence-corrected chi connectivity index (χ2v) is 3.82. The molecule has 0 bridgehead atoms. The first-order valence-electron chi connectivity index (χ1n) is 5.62. The Balaban J connectivity index is 2.52. The monoisotopic (exact) mass is 246 g/mol. The maximum absolute atomic E-state index is 10.8. The fourth-order valence-corrected chi connectivity index (χ4v) is 1.88. The summed E-state index contributed by atoms with van der Waals surface area (Å²) >= 11 is 0. The lowest BCUT2D eigenvalue weighted by molar-refractivity contribution is 0.0690. The summed E-state index contributed by atoms with van der Waals surface area (Å²) in [6.07, 6.45) is 0.840. The molecule has 18 heavy (non-hydrogen) atoms. The summed E-state index contributed by atoms with van der Waals surface area (Å²) in [6, 6.07) is 7.25. The number of para-hydroxylation sites is 1. The molecule has 0 unspecified atom stereocenters. The molecule has 0 radical (unpaired) electrons. The highest BCUT2D eigenvalue weighted by atomic mass is 16.5. The number of rotatable bonds is 4. The molecule has 0 saturated carbocycles. The predicted molar refractivity (Wildman–Crippen MR) is 66.9 cm³/mol. The highest BCUT2D eigenvalue weighted by Gasteiger charge is 2.14. The summed E-state index contributed by atoms with van der Waals surface area (Å²) in [5, 5.41) is 15.4. The van der Waals surface area contributed by atoms with Crippen LogP contribution in [-0.4, -0.2) is 28.4 Å². The average Bonchev–Trinajstić information content (AvgIpc) is 2.87. The summed E-state index contributed by atoms with van der Waals surface area (Å²) in [7, 11) is 1.60. The van der Waals surface area contributed by atoms with E-state index in [2.05, 4.69) is 10.2 Å². The minimum atomic E-state index is -1.03. The Kier molecular flexibility index (Phi) is 3.32. The van der Waals surface area contributed by atoms with Crippen LogP contribution in [0.4, 0.5) is 0 Å². The van der Waals surface area contributed by atoms with Crippen LogP contribution in [0.15, 0.2) is 24.3 Å². The number of methoxy groups -OCH3 is 1. The maximum atomic E-state index is 10.8. The molecular weight excluding hydrogens is 232 g/mol. The predicted octanol–water partition coefficient (Wildman–Crippen LogP) is 2.35. The zero-order valence-corrected chi connectivity index (χ0v) is 10.2. The molecule has 0 atom stereocenters. The van der Waals surface area contributed by atoms with Gasteiger partial charge in [0.2, 0.25) is 0 Å². The van der Waals surface area contributed by atoms with Crippen LogP contribution in [0.5, 0.6) is 5.75 Å². The SMILES string of the molecule is CCc1cccc(-c2cc(C(=O)O)[nH]n2)c1OC. The van der Waals surface area contributed by atoms with Crippen LogP contribution in [0.3, 0.4) is 0 Å². The summed E-state index contributed by atoms with van der Waals surface area (Å²) in [6.45, 7) is 2.04. The van der Waals surface area contributed by atoms with Gasteiger partial charge >= 0.3 is 5.97 Å². The minimum absolute atomic E-state index is 0.0638. The number of aromatic nitrogens is 2. The first-order valence-corrected chi connectivity index (χ1v) is 5.62. The van der Waals surface area contributed by atoms with E-state index in [-0.39, 0.29) is 5.69 Å². The number of nitrogens with zero attached hydrogens (tertiary/aromatic N) is 1. The van der Waals surface area contributed by atoms with Crippen molar-refractivity contribution >= 4 is 5.97 Å². The molecule has 1 aromatic heterocycles. The number of hydrogen-bond donors (Lipinski definition) is 2. The summed E-state index contributed by atoms with van der Waals surface area (Å²) in [5.74, 6) is -0.289. The van der Waals surface area contributed by atoms with E-state index >= 15 is 0 Å². The van der Waals surface area contributed by atoms with Crippen molar-refractivity contribution < 1.29 is 14.6 Å². The fraction of sp³-hybridized carbons (Fsp3) is 0.231. The molecule has 1 aromatic carbocycles. The van der Waals surface area contributed by atoms with Gasteiger partial charge in [-0.15, -0.1) is 0 Å². The number of benzene rings is 1. The number of aromatic amines is 1. The Labute approximate surface area is 104 Å². The van der Waals surface area contributed by atoms with Gasteiger partial charge in [-0.3, -0.25) is 5.10 Å². The van der Waals surface area contributed by atoms with E-state index in [0.717, 1.165) is 23.3 Å². The molecule has 2 aromatic rings. The van der Waals surface area contributed by atoms with Crippen LogP contribution in [0.1, 0.15) is 23.0 Å². The molecule has 5 heteroatoms. The van der Waals surface area contributed by atoms with E-state index in [1.54, 1.807) is 7.11 Å². The van der Waals surface area contributed by atoms with Gasteiger partial charge in [-0.25, -0.2) is 4.79 Å². The number of aryl methyl sites for hydroxylation is 1. The van der Waals surface area contributed by atoms with E-state index in [1.165, 1.54) is 6.07 Å². The van der Waals surface area contributed by atoms with Gasteiger partial charge < -0.3 is 9.84 Å². The molecule has 1 heterocycles. The Morgan fingerprint density at radius 2 is 2.28 bits per heavy atom. The third-order valence-corrected chi connectivity index (χ3v) is 2.77. The first-order chi connectivity index (χ1) is 8.67. The number of aromatic carboxylic acids is 1. The second kappa shape index (κ2) is 4.91. The van der Waals surface area contributed by atoms with Gasteiger partial charge in [-0.2, -0.15) is 5.10 Å². The second-order valence-electron chi connectivity index (χ2n) is 3.82. The third-order valence-electron chi connectivity index (χ3n) is 2.77. The number of carboxylic acids is 1. The van der Waals surface area contributed by atoms with Crippen molar-refractivity contribution in [3.8, 4) is 17.0 Å². The van der Waals surface area contributed by atoms with Crippen LogP contribution in [-0.2, 0) is 6.42 Å². The molecule has 0 aliphatic rings. The van der Waals surface area contributed by atoms with E-state index in [0.29, 0.717) is 5.69 Å². The third kappa shape index (κ3) is 2.07. The molecule has 5 nitrogen and oxygen atoms in total.